The third kappa shape index (κ3) is 3.81. The number of nitrogens with zero attached hydrogens (tertiary/aromatic N) is 2. The van der Waals surface area contributed by atoms with E-state index in [-0.39, 0.29) is 18.2 Å². The molecule has 0 radical (unpaired) electrons. The zero-order valence-electron chi connectivity index (χ0n) is 14.6. The Bertz CT molecular complexity index is 796. The molecular weight excluding hydrogens is 328 g/mol. The van der Waals surface area contributed by atoms with Crippen LogP contribution >= 0.6 is 0 Å². The van der Waals surface area contributed by atoms with Crippen LogP contribution in [0.15, 0.2) is 60.3 Å². The lowest BCUT2D eigenvalue weighted by molar-refractivity contribution is -0.127. The number of nitrogens with two attached hydrogens (primary N) is 2. The molecule has 0 unspecified atom stereocenters. The zero-order chi connectivity index (χ0) is 18.5. The number of rotatable bonds is 4. The molecule has 0 atom stereocenters. The topological polar surface area (TPSA) is 95.8 Å². The maximum atomic E-state index is 12.7. The van der Waals surface area contributed by atoms with Crippen LogP contribution in [0.3, 0.4) is 0 Å². The summed E-state index contributed by atoms with van der Waals surface area (Å²) in [5, 5.41) is 9.28. The summed E-state index contributed by atoms with van der Waals surface area (Å²) in [6.07, 6.45) is 0. The predicted octanol–water partition coefficient (Wildman–Crippen LogP) is 1.11. The first-order valence-electron chi connectivity index (χ1n) is 8.65. The van der Waals surface area contributed by atoms with Crippen LogP contribution in [0.4, 0.5) is 5.69 Å². The number of hydrogen-bond acceptors (Lipinski definition) is 5. The van der Waals surface area contributed by atoms with E-state index in [0.29, 0.717) is 31.9 Å². The van der Waals surface area contributed by atoms with Crippen LogP contribution < -0.4 is 16.4 Å². The molecule has 1 saturated heterocycles. The smallest absolute Gasteiger partial charge is 0.272 e. The lowest BCUT2D eigenvalue weighted by Crippen LogP contribution is -2.50. The molecular formula is C20H24N4O2. The van der Waals surface area contributed by atoms with E-state index < -0.39 is 0 Å². The molecule has 6 nitrogen and oxygen atoms in total. The quantitative estimate of drug-likeness (QED) is 0.717. The number of piperazine rings is 1. The minimum absolute atomic E-state index is 0.0202. The molecule has 0 aromatic heterocycles. The largest absolute Gasteiger partial charge is 0.396 e. The van der Waals surface area contributed by atoms with E-state index >= 15 is 0 Å². The molecule has 26 heavy (non-hydrogen) atoms. The van der Waals surface area contributed by atoms with Crippen molar-refractivity contribution < 1.29 is 9.90 Å². The van der Waals surface area contributed by atoms with E-state index in [2.05, 4.69) is 4.90 Å². The van der Waals surface area contributed by atoms with Gasteiger partial charge in [-0.3, -0.25) is 4.79 Å². The van der Waals surface area contributed by atoms with Crippen molar-refractivity contribution in [2.75, 3.05) is 31.1 Å². The van der Waals surface area contributed by atoms with Crippen molar-refractivity contribution in [2.24, 2.45) is 11.5 Å². The molecule has 0 spiro atoms. The lowest BCUT2D eigenvalue weighted by atomic mass is 10.1. The van der Waals surface area contributed by atoms with Crippen molar-refractivity contribution in [1.29, 1.82) is 0 Å². The van der Waals surface area contributed by atoms with E-state index in [1.807, 2.05) is 54.6 Å². The summed E-state index contributed by atoms with van der Waals surface area (Å²) in [4.78, 5) is 16.6. The van der Waals surface area contributed by atoms with Crippen molar-refractivity contribution in [2.45, 2.75) is 6.61 Å². The van der Waals surface area contributed by atoms with Gasteiger partial charge in [0.2, 0.25) is 0 Å². The van der Waals surface area contributed by atoms with Gasteiger partial charge in [0.05, 0.1) is 12.3 Å². The number of benzene rings is 2. The highest BCUT2D eigenvalue weighted by Crippen LogP contribution is 2.19. The van der Waals surface area contributed by atoms with Crippen molar-refractivity contribution in [3.05, 3.63) is 71.4 Å². The van der Waals surface area contributed by atoms with Crippen LogP contribution in [0.1, 0.15) is 11.1 Å². The highest BCUT2D eigenvalue weighted by molar-refractivity contribution is 5.99. The highest BCUT2D eigenvalue weighted by atomic mass is 16.3. The summed E-state index contributed by atoms with van der Waals surface area (Å²) in [6.45, 7) is 2.58. The molecule has 0 saturated carbocycles. The van der Waals surface area contributed by atoms with Crippen LogP contribution in [-0.4, -0.2) is 42.1 Å². The van der Waals surface area contributed by atoms with Crippen molar-refractivity contribution in [1.82, 2.24) is 4.90 Å². The number of aliphatic hydroxyl groups excluding tert-OH is 1. The second-order valence-corrected chi connectivity index (χ2v) is 6.30. The fourth-order valence-corrected chi connectivity index (χ4v) is 3.08. The van der Waals surface area contributed by atoms with Gasteiger partial charge in [0.25, 0.3) is 5.91 Å². The molecule has 6 heteroatoms. The average Bonchev–Trinajstić information content (AvgIpc) is 2.73. The van der Waals surface area contributed by atoms with Crippen LogP contribution in [0.25, 0.3) is 5.70 Å². The Hall–Kier alpha value is -2.99. The number of anilines is 1. The van der Waals surface area contributed by atoms with Gasteiger partial charge in [0.15, 0.2) is 0 Å². The Morgan fingerprint density at radius 2 is 1.65 bits per heavy atom. The van der Waals surface area contributed by atoms with E-state index in [9.17, 15) is 9.90 Å². The number of amides is 1. The van der Waals surface area contributed by atoms with Crippen molar-refractivity contribution >= 4 is 17.3 Å². The maximum absolute atomic E-state index is 12.7. The van der Waals surface area contributed by atoms with Gasteiger partial charge in [-0.25, -0.2) is 0 Å². The highest BCUT2D eigenvalue weighted by Gasteiger charge is 2.24. The fourth-order valence-electron chi connectivity index (χ4n) is 3.08. The Balaban J connectivity index is 1.66. The molecule has 0 bridgehead atoms. The van der Waals surface area contributed by atoms with E-state index in [4.69, 9.17) is 11.5 Å². The van der Waals surface area contributed by atoms with Crippen molar-refractivity contribution in [3.63, 3.8) is 0 Å². The summed E-state index contributed by atoms with van der Waals surface area (Å²) < 4.78 is 0. The molecule has 3 rings (SSSR count). The normalized spacial score (nSPS) is 15.6. The van der Waals surface area contributed by atoms with Gasteiger partial charge in [-0.1, -0.05) is 42.5 Å². The second kappa shape index (κ2) is 7.93. The molecule has 5 N–H and O–H groups in total. The lowest BCUT2D eigenvalue weighted by Gasteiger charge is -2.36. The van der Waals surface area contributed by atoms with Crippen molar-refractivity contribution in [3.8, 4) is 0 Å². The molecule has 1 amide bonds. The summed E-state index contributed by atoms with van der Waals surface area (Å²) in [5.74, 6) is -0.227. The molecule has 0 aliphatic carbocycles. The molecule has 2 aromatic rings. The zero-order valence-corrected chi connectivity index (χ0v) is 14.6. The summed E-state index contributed by atoms with van der Waals surface area (Å²) >= 11 is 0. The first-order valence-corrected chi connectivity index (χ1v) is 8.65. The number of carbonyl (C=O) groups excluding carboxylic acids is 1. The van der Waals surface area contributed by atoms with Gasteiger partial charge in [-0.15, -0.1) is 0 Å². The third-order valence-electron chi connectivity index (χ3n) is 4.63. The van der Waals surface area contributed by atoms with Crippen LogP contribution in [0.2, 0.25) is 0 Å². The van der Waals surface area contributed by atoms with E-state index in [0.717, 1.165) is 16.8 Å². The first kappa shape index (κ1) is 17.8. The SMILES string of the molecule is N/C(C(=O)N1CCN(c2cccc(CO)c2)CC1)=C(\N)c1ccccc1. The van der Waals surface area contributed by atoms with Gasteiger partial charge in [-0.2, -0.15) is 0 Å². The van der Waals surface area contributed by atoms with Gasteiger partial charge >= 0.3 is 0 Å². The first-order chi connectivity index (χ1) is 12.6. The molecule has 1 heterocycles. The van der Waals surface area contributed by atoms with E-state index in [1.54, 1.807) is 4.90 Å². The third-order valence-corrected chi connectivity index (χ3v) is 4.63. The number of carbonyl (C=O) groups is 1. The monoisotopic (exact) mass is 352 g/mol. The maximum Gasteiger partial charge on any atom is 0.272 e. The summed E-state index contributed by atoms with van der Waals surface area (Å²) in [6, 6.07) is 17.1. The Kier molecular flexibility index (Phi) is 5.43. The predicted molar refractivity (Wildman–Crippen MR) is 103 cm³/mol. The minimum Gasteiger partial charge on any atom is -0.396 e. The van der Waals surface area contributed by atoms with Gasteiger partial charge in [0.1, 0.15) is 5.70 Å². The van der Waals surface area contributed by atoms with Crippen LogP contribution in [0, 0.1) is 0 Å². The Labute approximate surface area is 153 Å². The number of hydrogen-bond donors (Lipinski definition) is 3. The van der Waals surface area contributed by atoms with Gasteiger partial charge in [-0.05, 0) is 23.3 Å². The molecule has 2 aromatic carbocycles. The molecule has 1 aliphatic rings. The second-order valence-electron chi connectivity index (χ2n) is 6.30. The van der Waals surface area contributed by atoms with Gasteiger partial charge in [0, 0.05) is 31.9 Å². The summed E-state index contributed by atoms with van der Waals surface area (Å²) in [5.41, 5.74) is 15.2. The average molecular weight is 352 g/mol. The molecule has 1 fully saturated rings. The minimum atomic E-state index is -0.227. The Morgan fingerprint density at radius 1 is 0.962 bits per heavy atom. The molecule has 1 aliphatic heterocycles. The standard InChI is InChI=1S/C20H24N4O2/c21-18(16-6-2-1-3-7-16)19(22)20(26)24-11-9-23(10-12-24)17-8-4-5-15(13-17)14-25/h1-8,13,25H,9-12,14,21-22H2/b19-18-. The molecule has 136 valence electrons. The fraction of sp³-hybridized carbons (Fsp3) is 0.250. The number of aliphatic hydroxyl groups is 1. The van der Waals surface area contributed by atoms with Crippen LogP contribution in [-0.2, 0) is 11.4 Å². The summed E-state index contributed by atoms with van der Waals surface area (Å²) in [7, 11) is 0. The van der Waals surface area contributed by atoms with Crippen LogP contribution in [0.5, 0.6) is 0 Å². The van der Waals surface area contributed by atoms with Gasteiger partial charge < -0.3 is 26.4 Å². The Morgan fingerprint density at radius 3 is 2.31 bits per heavy atom. The van der Waals surface area contributed by atoms with E-state index in [1.165, 1.54) is 0 Å².